The van der Waals surface area contributed by atoms with Gasteiger partial charge in [-0.05, 0) is 55.8 Å². The number of nitrogens with zero attached hydrogens (tertiary/aromatic N) is 1. The summed E-state index contributed by atoms with van der Waals surface area (Å²) >= 11 is 0. The second-order valence-electron chi connectivity index (χ2n) is 5.84. The van der Waals surface area contributed by atoms with Crippen LogP contribution in [0.4, 0.5) is 0 Å². The van der Waals surface area contributed by atoms with Crippen molar-refractivity contribution < 1.29 is 4.79 Å². The minimum atomic E-state index is 0.246. The molecule has 0 aromatic heterocycles. The van der Waals surface area contributed by atoms with E-state index in [4.69, 9.17) is 0 Å². The van der Waals surface area contributed by atoms with Crippen molar-refractivity contribution >= 4 is 5.78 Å². The van der Waals surface area contributed by atoms with Gasteiger partial charge in [-0.1, -0.05) is 42.5 Å². The molecule has 0 unspecified atom stereocenters. The fourth-order valence-electron chi connectivity index (χ4n) is 2.40. The van der Waals surface area contributed by atoms with Gasteiger partial charge in [-0.3, -0.25) is 0 Å². The predicted molar refractivity (Wildman–Crippen MR) is 88.3 cm³/mol. The van der Waals surface area contributed by atoms with E-state index in [1.807, 2.05) is 0 Å². The third-order valence-electron chi connectivity index (χ3n) is 3.48. The van der Waals surface area contributed by atoms with E-state index in [1.54, 1.807) is 6.92 Å². The summed E-state index contributed by atoms with van der Waals surface area (Å²) in [4.78, 5) is 13.2. The molecule has 0 atom stereocenters. The van der Waals surface area contributed by atoms with E-state index >= 15 is 0 Å². The quantitative estimate of drug-likeness (QED) is 0.799. The topological polar surface area (TPSA) is 20.3 Å². The molecule has 0 saturated carbocycles. The molecule has 0 bridgehead atoms. The van der Waals surface area contributed by atoms with E-state index in [9.17, 15) is 4.79 Å². The zero-order valence-electron chi connectivity index (χ0n) is 13.1. The molecule has 0 N–H and O–H groups in total. The number of rotatable bonds is 6. The summed E-state index contributed by atoms with van der Waals surface area (Å²) in [6.07, 6.45) is 1.45. The van der Waals surface area contributed by atoms with Crippen LogP contribution < -0.4 is 0 Å². The lowest BCUT2D eigenvalue weighted by atomic mass is 10.00. The third kappa shape index (κ3) is 4.83. The van der Waals surface area contributed by atoms with Gasteiger partial charge in [0.2, 0.25) is 0 Å². The van der Waals surface area contributed by atoms with Crippen LogP contribution in [-0.2, 0) is 17.8 Å². The zero-order chi connectivity index (χ0) is 15.2. The maximum atomic E-state index is 11.0. The number of ketones is 1. The van der Waals surface area contributed by atoms with Crippen LogP contribution in [0.5, 0.6) is 0 Å². The Hall–Kier alpha value is -1.93. The number of Topliss-reactive ketones (excluding diaryl/α,β-unsaturated/α-hetero) is 1. The number of carbonyl (C=O) groups is 1. The minimum Gasteiger partial charge on any atom is -0.305 e. The Morgan fingerprint density at radius 1 is 0.952 bits per heavy atom. The van der Waals surface area contributed by atoms with Gasteiger partial charge in [0.15, 0.2) is 0 Å². The van der Waals surface area contributed by atoms with Crippen molar-refractivity contribution in [3.63, 3.8) is 0 Å². The molecule has 0 fully saturated rings. The van der Waals surface area contributed by atoms with E-state index in [2.05, 4.69) is 67.5 Å². The van der Waals surface area contributed by atoms with Crippen LogP contribution in [0, 0.1) is 0 Å². The largest absolute Gasteiger partial charge is 0.305 e. The molecule has 2 aromatic rings. The fraction of sp³-hybridized carbons (Fsp3) is 0.316. The van der Waals surface area contributed by atoms with Crippen molar-refractivity contribution in [1.82, 2.24) is 4.90 Å². The van der Waals surface area contributed by atoms with Crippen LogP contribution in [0.15, 0.2) is 48.5 Å². The summed E-state index contributed by atoms with van der Waals surface area (Å²) in [6.45, 7) is 2.59. The Morgan fingerprint density at radius 3 is 2.29 bits per heavy atom. The normalized spacial score (nSPS) is 10.9. The van der Waals surface area contributed by atoms with Crippen LogP contribution >= 0.6 is 0 Å². The summed E-state index contributed by atoms with van der Waals surface area (Å²) in [5.41, 5.74) is 5.01. The lowest BCUT2D eigenvalue weighted by molar-refractivity contribution is -0.116. The molecule has 0 aliphatic heterocycles. The van der Waals surface area contributed by atoms with Crippen LogP contribution in [-0.4, -0.2) is 24.8 Å². The smallest absolute Gasteiger partial charge is 0.130 e. The van der Waals surface area contributed by atoms with Crippen LogP contribution in [0.25, 0.3) is 11.1 Å². The highest BCUT2D eigenvalue weighted by atomic mass is 16.1. The van der Waals surface area contributed by atoms with E-state index in [0.29, 0.717) is 6.42 Å². The van der Waals surface area contributed by atoms with Gasteiger partial charge in [0, 0.05) is 13.0 Å². The molecular weight excluding hydrogens is 258 g/mol. The standard InChI is InChI=1S/C19H23NO/c1-15(21)7-8-16-9-11-18(12-10-16)19-6-4-5-17(13-19)14-20(2)3/h4-6,9-13H,7-8,14H2,1-3H3. The zero-order valence-corrected chi connectivity index (χ0v) is 13.1. The van der Waals surface area contributed by atoms with E-state index in [1.165, 1.54) is 22.3 Å². The van der Waals surface area contributed by atoms with Gasteiger partial charge in [-0.15, -0.1) is 0 Å². The second kappa shape index (κ2) is 7.19. The van der Waals surface area contributed by atoms with Gasteiger partial charge >= 0.3 is 0 Å². The molecule has 0 radical (unpaired) electrons. The van der Waals surface area contributed by atoms with Crippen molar-refractivity contribution in [2.24, 2.45) is 0 Å². The molecule has 2 heteroatoms. The number of benzene rings is 2. The van der Waals surface area contributed by atoms with E-state index in [-0.39, 0.29) is 5.78 Å². The number of carbonyl (C=O) groups excluding carboxylic acids is 1. The summed E-state index contributed by atoms with van der Waals surface area (Å²) < 4.78 is 0. The monoisotopic (exact) mass is 281 g/mol. The first-order valence-electron chi connectivity index (χ1n) is 7.37. The van der Waals surface area contributed by atoms with Gasteiger partial charge in [0.25, 0.3) is 0 Å². The first-order chi connectivity index (χ1) is 10.0. The molecule has 0 aliphatic carbocycles. The fourth-order valence-corrected chi connectivity index (χ4v) is 2.40. The average molecular weight is 281 g/mol. The molecule has 2 rings (SSSR count). The Balaban J connectivity index is 2.13. The molecule has 2 nitrogen and oxygen atoms in total. The highest BCUT2D eigenvalue weighted by Crippen LogP contribution is 2.22. The summed E-state index contributed by atoms with van der Waals surface area (Å²) in [5, 5.41) is 0. The van der Waals surface area contributed by atoms with Crippen molar-refractivity contribution in [3.05, 3.63) is 59.7 Å². The molecule has 0 spiro atoms. The molecule has 2 aromatic carbocycles. The van der Waals surface area contributed by atoms with Gasteiger partial charge < -0.3 is 9.69 Å². The Bertz CT molecular complexity index is 599. The van der Waals surface area contributed by atoms with Gasteiger partial charge in [-0.2, -0.15) is 0 Å². The maximum Gasteiger partial charge on any atom is 0.130 e. The lowest BCUT2D eigenvalue weighted by Crippen LogP contribution is -2.10. The molecule has 21 heavy (non-hydrogen) atoms. The first-order valence-corrected chi connectivity index (χ1v) is 7.37. The van der Waals surface area contributed by atoms with Crippen molar-refractivity contribution in [2.45, 2.75) is 26.3 Å². The van der Waals surface area contributed by atoms with E-state index in [0.717, 1.165) is 13.0 Å². The molecule has 110 valence electrons. The van der Waals surface area contributed by atoms with Crippen molar-refractivity contribution in [3.8, 4) is 11.1 Å². The summed E-state index contributed by atoms with van der Waals surface area (Å²) in [6, 6.07) is 17.2. The number of hydrogen-bond acceptors (Lipinski definition) is 2. The van der Waals surface area contributed by atoms with Gasteiger partial charge in [0.05, 0.1) is 0 Å². The Labute approximate surface area is 127 Å². The summed E-state index contributed by atoms with van der Waals surface area (Å²) in [7, 11) is 4.16. The van der Waals surface area contributed by atoms with E-state index < -0.39 is 0 Å². The predicted octanol–water partition coefficient (Wildman–Crippen LogP) is 3.94. The average Bonchev–Trinajstić information content (AvgIpc) is 2.45. The SMILES string of the molecule is CC(=O)CCc1ccc(-c2cccc(CN(C)C)c2)cc1. The highest BCUT2D eigenvalue weighted by Gasteiger charge is 2.02. The van der Waals surface area contributed by atoms with Gasteiger partial charge in [-0.25, -0.2) is 0 Å². The number of hydrogen-bond donors (Lipinski definition) is 0. The molecular formula is C19H23NO. The lowest BCUT2D eigenvalue weighted by Gasteiger charge is -2.11. The van der Waals surface area contributed by atoms with Crippen LogP contribution in [0.2, 0.25) is 0 Å². The molecule has 0 aliphatic rings. The van der Waals surface area contributed by atoms with Gasteiger partial charge in [0.1, 0.15) is 5.78 Å². The third-order valence-corrected chi connectivity index (χ3v) is 3.48. The van der Waals surface area contributed by atoms with Crippen LogP contribution in [0.3, 0.4) is 0 Å². The first kappa shape index (κ1) is 15.5. The molecule has 0 heterocycles. The molecule has 0 saturated heterocycles. The summed E-state index contributed by atoms with van der Waals surface area (Å²) in [5.74, 6) is 0.246. The van der Waals surface area contributed by atoms with Crippen molar-refractivity contribution in [1.29, 1.82) is 0 Å². The Morgan fingerprint density at radius 2 is 1.67 bits per heavy atom. The second-order valence-corrected chi connectivity index (χ2v) is 5.84. The minimum absolute atomic E-state index is 0.246. The maximum absolute atomic E-state index is 11.0. The highest BCUT2D eigenvalue weighted by molar-refractivity contribution is 5.75. The van der Waals surface area contributed by atoms with Crippen LogP contribution in [0.1, 0.15) is 24.5 Å². The number of aryl methyl sites for hydroxylation is 1. The van der Waals surface area contributed by atoms with Crippen molar-refractivity contribution in [2.75, 3.05) is 14.1 Å². The Kier molecular flexibility index (Phi) is 5.29. The molecule has 0 amide bonds.